The first-order valence-electron chi connectivity index (χ1n) is 6.43. The van der Waals surface area contributed by atoms with E-state index in [2.05, 4.69) is 11.4 Å². The second-order valence-corrected chi connectivity index (χ2v) is 5.09. The summed E-state index contributed by atoms with van der Waals surface area (Å²) in [6.45, 7) is 8.04. The molecule has 0 atom stereocenters. The molecule has 0 saturated heterocycles. The molecule has 1 N–H and O–H groups in total. The van der Waals surface area contributed by atoms with Crippen LogP contribution >= 0.6 is 0 Å². The van der Waals surface area contributed by atoms with E-state index < -0.39 is 0 Å². The lowest BCUT2D eigenvalue weighted by molar-refractivity contribution is 0.102. The van der Waals surface area contributed by atoms with Gasteiger partial charge in [-0.05, 0) is 51.0 Å². The Hall–Kier alpha value is -2.09. The van der Waals surface area contributed by atoms with Gasteiger partial charge >= 0.3 is 0 Å². The molecule has 2 rings (SSSR count). The van der Waals surface area contributed by atoms with Crippen LogP contribution in [-0.2, 0) is 0 Å². The molecule has 19 heavy (non-hydrogen) atoms. The maximum absolute atomic E-state index is 12.3. The van der Waals surface area contributed by atoms with Crippen LogP contribution in [0.3, 0.4) is 0 Å². The molecule has 2 aromatic carbocycles. The van der Waals surface area contributed by atoms with Crippen LogP contribution in [0.15, 0.2) is 36.4 Å². The summed E-state index contributed by atoms with van der Waals surface area (Å²) in [5, 5.41) is 2.98. The summed E-state index contributed by atoms with van der Waals surface area (Å²) in [6.07, 6.45) is 0. The Morgan fingerprint density at radius 1 is 0.842 bits per heavy atom. The zero-order valence-corrected chi connectivity index (χ0v) is 11.9. The SMILES string of the molecule is Cc1ccc(NC(=O)c2ccc(C)cc2C)c(C)c1. The van der Waals surface area contributed by atoms with Crippen LogP contribution in [0.25, 0.3) is 0 Å². The number of anilines is 1. The number of benzene rings is 2. The van der Waals surface area contributed by atoms with E-state index >= 15 is 0 Å². The third kappa shape index (κ3) is 3.02. The minimum absolute atomic E-state index is 0.0514. The highest BCUT2D eigenvalue weighted by atomic mass is 16.1. The first-order valence-corrected chi connectivity index (χ1v) is 6.43. The topological polar surface area (TPSA) is 29.1 Å². The van der Waals surface area contributed by atoms with Crippen molar-refractivity contribution >= 4 is 11.6 Å². The van der Waals surface area contributed by atoms with Gasteiger partial charge < -0.3 is 5.32 Å². The van der Waals surface area contributed by atoms with Crippen molar-refractivity contribution in [2.45, 2.75) is 27.7 Å². The number of hydrogen-bond acceptors (Lipinski definition) is 1. The molecule has 0 saturated carbocycles. The Morgan fingerprint density at radius 2 is 1.42 bits per heavy atom. The van der Waals surface area contributed by atoms with Gasteiger partial charge in [0.15, 0.2) is 0 Å². The van der Waals surface area contributed by atoms with Crippen LogP contribution in [0, 0.1) is 27.7 Å². The van der Waals surface area contributed by atoms with Crippen molar-refractivity contribution < 1.29 is 4.79 Å². The summed E-state index contributed by atoms with van der Waals surface area (Å²) in [7, 11) is 0. The number of amides is 1. The molecule has 0 unspecified atom stereocenters. The fourth-order valence-electron chi connectivity index (χ4n) is 2.21. The van der Waals surface area contributed by atoms with Crippen molar-refractivity contribution in [1.29, 1.82) is 0 Å². The van der Waals surface area contributed by atoms with Crippen LogP contribution in [0.4, 0.5) is 5.69 Å². The Morgan fingerprint density at radius 3 is 2.00 bits per heavy atom. The Balaban J connectivity index is 2.25. The molecule has 0 aliphatic heterocycles. The van der Waals surface area contributed by atoms with Gasteiger partial charge in [0, 0.05) is 11.3 Å². The van der Waals surface area contributed by atoms with Crippen molar-refractivity contribution in [2.75, 3.05) is 5.32 Å². The summed E-state index contributed by atoms with van der Waals surface area (Å²) in [6, 6.07) is 11.9. The van der Waals surface area contributed by atoms with Gasteiger partial charge in [-0.15, -0.1) is 0 Å². The van der Waals surface area contributed by atoms with Gasteiger partial charge in [-0.2, -0.15) is 0 Å². The van der Waals surface area contributed by atoms with E-state index in [-0.39, 0.29) is 5.91 Å². The molecule has 0 bridgehead atoms. The van der Waals surface area contributed by atoms with E-state index in [0.717, 1.165) is 22.4 Å². The number of hydrogen-bond donors (Lipinski definition) is 1. The lowest BCUT2D eigenvalue weighted by atomic mass is 10.0. The summed E-state index contributed by atoms with van der Waals surface area (Å²) in [4.78, 5) is 12.3. The van der Waals surface area contributed by atoms with Gasteiger partial charge in [-0.1, -0.05) is 35.4 Å². The lowest BCUT2D eigenvalue weighted by Crippen LogP contribution is -2.14. The number of rotatable bonds is 2. The molecule has 2 nitrogen and oxygen atoms in total. The van der Waals surface area contributed by atoms with E-state index in [1.165, 1.54) is 11.1 Å². The average Bonchev–Trinajstić information content (AvgIpc) is 2.32. The predicted molar refractivity (Wildman–Crippen MR) is 79.8 cm³/mol. The van der Waals surface area contributed by atoms with Crippen LogP contribution in [0.1, 0.15) is 32.6 Å². The number of nitrogens with one attached hydrogen (secondary N) is 1. The zero-order chi connectivity index (χ0) is 14.0. The highest BCUT2D eigenvalue weighted by Crippen LogP contribution is 2.18. The van der Waals surface area contributed by atoms with E-state index in [1.54, 1.807) is 0 Å². The van der Waals surface area contributed by atoms with Crippen molar-refractivity contribution in [1.82, 2.24) is 0 Å². The molecule has 0 aliphatic carbocycles. The molecule has 0 radical (unpaired) electrons. The standard InChI is InChI=1S/C17H19NO/c1-11-5-7-15(13(3)9-11)17(19)18-16-8-6-12(2)10-14(16)4/h5-10H,1-4H3,(H,18,19). The van der Waals surface area contributed by atoms with Gasteiger partial charge in [-0.25, -0.2) is 0 Å². The lowest BCUT2D eigenvalue weighted by Gasteiger charge is -2.11. The molecule has 2 aromatic rings. The smallest absolute Gasteiger partial charge is 0.255 e. The third-order valence-corrected chi connectivity index (χ3v) is 3.26. The molecule has 2 heteroatoms. The minimum Gasteiger partial charge on any atom is -0.322 e. The van der Waals surface area contributed by atoms with Crippen molar-refractivity contribution in [3.63, 3.8) is 0 Å². The van der Waals surface area contributed by atoms with Crippen molar-refractivity contribution in [3.05, 3.63) is 64.2 Å². The Labute approximate surface area is 114 Å². The van der Waals surface area contributed by atoms with E-state index in [1.807, 2.05) is 58.0 Å². The molecule has 98 valence electrons. The molecule has 0 aromatic heterocycles. The summed E-state index contributed by atoms with van der Waals surface area (Å²) in [5.41, 5.74) is 6.05. The summed E-state index contributed by atoms with van der Waals surface area (Å²) >= 11 is 0. The highest BCUT2D eigenvalue weighted by Gasteiger charge is 2.10. The maximum atomic E-state index is 12.3. The molecule has 0 fully saturated rings. The van der Waals surface area contributed by atoms with Crippen molar-refractivity contribution in [3.8, 4) is 0 Å². The highest BCUT2D eigenvalue weighted by molar-refractivity contribution is 6.05. The number of carbonyl (C=O) groups is 1. The summed E-state index contributed by atoms with van der Waals surface area (Å²) < 4.78 is 0. The fourth-order valence-corrected chi connectivity index (χ4v) is 2.21. The van der Waals surface area contributed by atoms with Gasteiger partial charge in [0.05, 0.1) is 0 Å². The van der Waals surface area contributed by atoms with Crippen LogP contribution in [0.5, 0.6) is 0 Å². The fraction of sp³-hybridized carbons (Fsp3) is 0.235. The van der Waals surface area contributed by atoms with Crippen LogP contribution in [-0.4, -0.2) is 5.91 Å². The van der Waals surface area contributed by atoms with E-state index in [4.69, 9.17) is 0 Å². The van der Waals surface area contributed by atoms with Crippen molar-refractivity contribution in [2.24, 2.45) is 0 Å². The maximum Gasteiger partial charge on any atom is 0.255 e. The second-order valence-electron chi connectivity index (χ2n) is 5.09. The van der Waals surface area contributed by atoms with Gasteiger partial charge in [0.25, 0.3) is 5.91 Å². The Kier molecular flexibility index (Phi) is 3.70. The molecule has 0 heterocycles. The quantitative estimate of drug-likeness (QED) is 0.855. The molecular formula is C17H19NO. The molecule has 0 aliphatic rings. The molecular weight excluding hydrogens is 234 g/mol. The normalized spacial score (nSPS) is 10.3. The van der Waals surface area contributed by atoms with Gasteiger partial charge in [0.2, 0.25) is 0 Å². The minimum atomic E-state index is -0.0514. The third-order valence-electron chi connectivity index (χ3n) is 3.26. The predicted octanol–water partition coefficient (Wildman–Crippen LogP) is 4.17. The zero-order valence-electron chi connectivity index (χ0n) is 11.9. The number of carbonyl (C=O) groups excluding carboxylic acids is 1. The molecule has 0 spiro atoms. The van der Waals surface area contributed by atoms with Gasteiger partial charge in [0.1, 0.15) is 0 Å². The van der Waals surface area contributed by atoms with Crippen LogP contribution < -0.4 is 5.32 Å². The summed E-state index contributed by atoms with van der Waals surface area (Å²) in [5.74, 6) is -0.0514. The largest absolute Gasteiger partial charge is 0.322 e. The van der Waals surface area contributed by atoms with Crippen LogP contribution in [0.2, 0.25) is 0 Å². The molecule has 1 amide bonds. The van der Waals surface area contributed by atoms with Gasteiger partial charge in [-0.3, -0.25) is 4.79 Å². The second kappa shape index (κ2) is 5.27. The number of aryl methyl sites for hydroxylation is 4. The first-order chi connectivity index (χ1) is 8.97. The Bertz CT molecular complexity index is 629. The van der Waals surface area contributed by atoms with E-state index in [0.29, 0.717) is 0 Å². The monoisotopic (exact) mass is 253 g/mol. The first kappa shape index (κ1) is 13.3. The van der Waals surface area contributed by atoms with E-state index in [9.17, 15) is 4.79 Å². The average molecular weight is 253 g/mol.